The van der Waals surface area contributed by atoms with Gasteiger partial charge in [-0.25, -0.2) is 13.4 Å². The van der Waals surface area contributed by atoms with Crippen LogP contribution in [0.5, 0.6) is 0 Å². The molecule has 2 aliphatic heterocycles. The lowest BCUT2D eigenvalue weighted by Gasteiger charge is -2.13. The maximum Gasteiger partial charge on any atom is 0.218 e. The molecule has 0 amide bonds. The van der Waals surface area contributed by atoms with Gasteiger partial charge in [-0.2, -0.15) is 0 Å². The van der Waals surface area contributed by atoms with Crippen molar-refractivity contribution in [3.8, 4) is 0 Å². The van der Waals surface area contributed by atoms with Crippen LogP contribution in [0.3, 0.4) is 0 Å². The van der Waals surface area contributed by atoms with Gasteiger partial charge in [-0.15, -0.1) is 0 Å². The third kappa shape index (κ3) is 1.62. The SMILES string of the molecule is CC1=CN=C(CN2CCCC2)S1(=O)=O. The Morgan fingerprint density at radius 3 is 2.57 bits per heavy atom. The van der Waals surface area contributed by atoms with Gasteiger partial charge >= 0.3 is 0 Å². The molecule has 0 N–H and O–H groups in total. The van der Waals surface area contributed by atoms with Gasteiger partial charge in [-0.3, -0.25) is 4.90 Å². The molecular weight excluding hydrogens is 200 g/mol. The van der Waals surface area contributed by atoms with Crippen LogP contribution in [-0.2, 0) is 9.84 Å². The van der Waals surface area contributed by atoms with Crippen molar-refractivity contribution in [2.45, 2.75) is 19.8 Å². The molecule has 0 aromatic rings. The molecule has 0 saturated carbocycles. The van der Waals surface area contributed by atoms with Crippen LogP contribution < -0.4 is 0 Å². The van der Waals surface area contributed by atoms with Gasteiger partial charge < -0.3 is 0 Å². The van der Waals surface area contributed by atoms with Gasteiger partial charge in [0, 0.05) is 6.20 Å². The first kappa shape index (κ1) is 9.86. The lowest BCUT2D eigenvalue weighted by Crippen LogP contribution is -2.30. The number of hydrogen-bond acceptors (Lipinski definition) is 4. The van der Waals surface area contributed by atoms with Crippen molar-refractivity contribution in [2.24, 2.45) is 4.99 Å². The molecule has 0 aliphatic carbocycles. The Kier molecular flexibility index (Phi) is 2.45. The topological polar surface area (TPSA) is 49.7 Å². The third-order valence-electron chi connectivity index (χ3n) is 2.68. The molecule has 14 heavy (non-hydrogen) atoms. The zero-order valence-corrected chi connectivity index (χ0v) is 9.05. The molecule has 0 radical (unpaired) electrons. The maximum atomic E-state index is 11.7. The second kappa shape index (κ2) is 3.47. The van der Waals surface area contributed by atoms with E-state index in [-0.39, 0.29) is 0 Å². The van der Waals surface area contributed by atoms with Crippen LogP contribution in [0, 0.1) is 0 Å². The van der Waals surface area contributed by atoms with Crippen LogP contribution in [0.4, 0.5) is 0 Å². The highest BCUT2D eigenvalue weighted by atomic mass is 32.2. The van der Waals surface area contributed by atoms with Crippen LogP contribution >= 0.6 is 0 Å². The van der Waals surface area contributed by atoms with Crippen molar-refractivity contribution in [2.75, 3.05) is 19.6 Å². The smallest absolute Gasteiger partial charge is 0.218 e. The van der Waals surface area contributed by atoms with Gasteiger partial charge in [0.25, 0.3) is 0 Å². The van der Waals surface area contributed by atoms with Gasteiger partial charge in [0.2, 0.25) is 9.84 Å². The largest absolute Gasteiger partial charge is 0.297 e. The molecule has 78 valence electrons. The molecule has 1 saturated heterocycles. The first-order chi connectivity index (χ1) is 6.60. The average molecular weight is 214 g/mol. The van der Waals surface area contributed by atoms with E-state index in [1.165, 1.54) is 19.0 Å². The molecule has 0 aromatic heterocycles. The van der Waals surface area contributed by atoms with Crippen LogP contribution in [0.1, 0.15) is 19.8 Å². The second-order valence-electron chi connectivity index (χ2n) is 3.75. The highest BCUT2D eigenvalue weighted by molar-refractivity contribution is 8.10. The highest BCUT2D eigenvalue weighted by Crippen LogP contribution is 2.18. The van der Waals surface area contributed by atoms with Crippen molar-refractivity contribution in [3.05, 3.63) is 11.1 Å². The summed E-state index contributed by atoms with van der Waals surface area (Å²) >= 11 is 0. The number of hydrogen-bond donors (Lipinski definition) is 0. The molecule has 0 aromatic carbocycles. The van der Waals surface area contributed by atoms with E-state index in [1.54, 1.807) is 6.92 Å². The fourth-order valence-corrected chi connectivity index (χ4v) is 2.85. The van der Waals surface area contributed by atoms with Crippen LogP contribution in [0.15, 0.2) is 16.1 Å². The highest BCUT2D eigenvalue weighted by Gasteiger charge is 2.28. The Labute approximate surface area is 84.2 Å². The second-order valence-corrected chi connectivity index (χ2v) is 5.87. The van der Waals surface area contributed by atoms with Crippen LogP contribution in [-0.4, -0.2) is 38.0 Å². The van der Waals surface area contributed by atoms with Crippen molar-refractivity contribution in [1.82, 2.24) is 4.90 Å². The number of likely N-dealkylation sites (tertiary alicyclic amines) is 1. The lowest BCUT2D eigenvalue weighted by molar-refractivity contribution is 0.389. The molecule has 2 heterocycles. The van der Waals surface area contributed by atoms with Crippen molar-refractivity contribution < 1.29 is 8.42 Å². The summed E-state index contributed by atoms with van der Waals surface area (Å²) in [7, 11) is -3.18. The number of nitrogens with zero attached hydrogens (tertiary/aromatic N) is 2. The summed E-state index contributed by atoms with van der Waals surface area (Å²) in [6, 6.07) is 0. The molecule has 2 aliphatic rings. The molecule has 0 atom stereocenters. The molecule has 0 bridgehead atoms. The molecule has 5 heteroatoms. The fourth-order valence-electron chi connectivity index (χ4n) is 1.75. The standard InChI is InChI=1S/C9H14N2O2S/c1-8-6-10-9(14(8,12)13)7-11-4-2-3-5-11/h6H,2-5,7H2,1H3. The van der Waals surface area contributed by atoms with Crippen molar-refractivity contribution in [3.63, 3.8) is 0 Å². The van der Waals surface area contributed by atoms with E-state index >= 15 is 0 Å². The first-order valence-electron chi connectivity index (χ1n) is 4.81. The van der Waals surface area contributed by atoms with E-state index in [2.05, 4.69) is 9.89 Å². The zero-order valence-electron chi connectivity index (χ0n) is 8.23. The van der Waals surface area contributed by atoms with Crippen LogP contribution in [0.2, 0.25) is 0 Å². The Bertz CT molecular complexity index is 389. The van der Waals surface area contributed by atoms with E-state index in [0.717, 1.165) is 13.1 Å². The Balaban J connectivity index is 2.08. The quantitative estimate of drug-likeness (QED) is 0.682. The first-order valence-corrected chi connectivity index (χ1v) is 6.30. The number of aliphatic imine (C=N–C) groups is 1. The predicted octanol–water partition coefficient (Wildman–Crippen LogP) is 0.770. The summed E-state index contributed by atoms with van der Waals surface area (Å²) in [5, 5.41) is 0.317. The van der Waals surface area contributed by atoms with Gasteiger partial charge in [-0.1, -0.05) is 0 Å². The van der Waals surface area contributed by atoms with Crippen molar-refractivity contribution in [1.29, 1.82) is 0 Å². The minimum atomic E-state index is -3.18. The summed E-state index contributed by atoms with van der Waals surface area (Å²) in [5.41, 5.74) is 0. The van der Waals surface area contributed by atoms with Gasteiger partial charge in [0.15, 0.2) is 5.04 Å². The molecule has 0 unspecified atom stereocenters. The zero-order chi connectivity index (χ0) is 10.2. The van der Waals surface area contributed by atoms with Gasteiger partial charge in [0.1, 0.15) is 0 Å². The monoisotopic (exact) mass is 214 g/mol. The number of allylic oxidation sites excluding steroid dienone is 1. The summed E-state index contributed by atoms with van der Waals surface area (Å²) in [6.07, 6.45) is 3.78. The Morgan fingerprint density at radius 2 is 2.07 bits per heavy atom. The maximum absolute atomic E-state index is 11.7. The van der Waals surface area contributed by atoms with Crippen LogP contribution in [0.25, 0.3) is 0 Å². The van der Waals surface area contributed by atoms with Crippen molar-refractivity contribution >= 4 is 14.9 Å². The summed E-state index contributed by atoms with van der Waals surface area (Å²) in [5.74, 6) is 0. The predicted molar refractivity (Wildman–Crippen MR) is 55.8 cm³/mol. The molecular formula is C9H14N2O2S. The summed E-state index contributed by atoms with van der Waals surface area (Å²) < 4.78 is 23.3. The average Bonchev–Trinajstić information content (AvgIpc) is 2.70. The Morgan fingerprint density at radius 1 is 1.43 bits per heavy atom. The van der Waals surface area contributed by atoms with E-state index in [9.17, 15) is 8.42 Å². The number of rotatable bonds is 2. The molecule has 0 spiro atoms. The van der Waals surface area contributed by atoms with E-state index in [0.29, 0.717) is 16.5 Å². The lowest BCUT2D eigenvalue weighted by atomic mass is 10.4. The molecule has 2 rings (SSSR count). The molecule has 1 fully saturated rings. The van der Waals surface area contributed by atoms with Gasteiger partial charge in [-0.05, 0) is 32.9 Å². The fraction of sp³-hybridized carbons (Fsp3) is 0.667. The minimum Gasteiger partial charge on any atom is -0.297 e. The van der Waals surface area contributed by atoms with E-state index in [4.69, 9.17) is 0 Å². The number of sulfone groups is 1. The normalized spacial score (nSPS) is 26.4. The summed E-state index contributed by atoms with van der Waals surface area (Å²) in [4.78, 5) is 6.47. The Hall–Kier alpha value is -0.680. The molecule has 4 nitrogen and oxygen atoms in total. The van der Waals surface area contributed by atoms with E-state index in [1.807, 2.05) is 0 Å². The van der Waals surface area contributed by atoms with E-state index < -0.39 is 9.84 Å². The van der Waals surface area contributed by atoms with Gasteiger partial charge in [0.05, 0.1) is 11.4 Å². The summed E-state index contributed by atoms with van der Waals surface area (Å²) in [6.45, 7) is 4.06. The minimum absolute atomic E-state index is 0.317. The third-order valence-corrected chi connectivity index (χ3v) is 4.49.